The number of halogens is 1. The van der Waals surface area contributed by atoms with Gasteiger partial charge in [-0.15, -0.1) is 0 Å². The monoisotopic (exact) mass is 455 g/mol. The minimum absolute atomic E-state index is 0.222. The average molecular weight is 456 g/mol. The van der Waals surface area contributed by atoms with Crippen LogP contribution in [0, 0.1) is 12.7 Å². The topological polar surface area (TPSA) is 126 Å². The largest absolute Gasteiger partial charge is 0.324 e. The van der Waals surface area contributed by atoms with Crippen molar-refractivity contribution in [3.05, 3.63) is 54.1 Å². The molecule has 0 saturated carbocycles. The van der Waals surface area contributed by atoms with E-state index in [2.05, 4.69) is 35.8 Å². The number of hydrogen-bond acceptors (Lipinski definition) is 8. The van der Waals surface area contributed by atoms with E-state index in [1.165, 1.54) is 12.3 Å². The lowest BCUT2D eigenvalue weighted by Gasteiger charge is -2.20. The summed E-state index contributed by atoms with van der Waals surface area (Å²) in [6.45, 7) is 6.81. The van der Waals surface area contributed by atoms with Gasteiger partial charge in [0.2, 0.25) is 5.95 Å². The highest BCUT2D eigenvalue weighted by atomic mass is 32.2. The van der Waals surface area contributed by atoms with Gasteiger partial charge in [-0.2, -0.15) is 10.1 Å². The number of sulfone groups is 1. The number of hydrogen-bond donors (Lipinski definition) is 3. The quantitative estimate of drug-likeness (QED) is 0.408. The lowest BCUT2D eigenvalue weighted by atomic mass is 10.2. The maximum atomic E-state index is 13.6. The molecule has 0 atom stereocenters. The second kappa shape index (κ2) is 7.83. The summed E-state index contributed by atoms with van der Waals surface area (Å²) in [6, 6.07) is 7.95. The zero-order valence-corrected chi connectivity index (χ0v) is 18.7. The van der Waals surface area contributed by atoms with E-state index < -0.39 is 20.4 Å². The van der Waals surface area contributed by atoms with Crippen molar-refractivity contribution in [3.63, 3.8) is 0 Å². The molecule has 9 nitrogen and oxygen atoms in total. The van der Waals surface area contributed by atoms with Gasteiger partial charge in [-0.1, -0.05) is 0 Å². The minimum atomic E-state index is -3.52. The van der Waals surface area contributed by atoms with Gasteiger partial charge in [0.05, 0.1) is 21.2 Å². The molecule has 0 amide bonds. The van der Waals surface area contributed by atoms with Crippen LogP contribution in [-0.2, 0) is 9.84 Å². The predicted molar refractivity (Wildman–Crippen MR) is 121 cm³/mol. The molecular formula is C21H22FN7O2S. The number of H-pyrrole nitrogens is 1. The van der Waals surface area contributed by atoms with Crippen molar-refractivity contribution in [2.24, 2.45) is 0 Å². The molecule has 3 aromatic heterocycles. The molecule has 0 aliphatic heterocycles. The van der Waals surface area contributed by atoms with Crippen LogP contribution in [0.4, 0.5) is 27.7 Å². The van der Waals surface area contributed by atoms with Gasteiger partial charge < -0.3 is 10.6 Å². The molecule has 11 heteroatoms. The van der Waals surface area contributed by atoms with Gasteiger partial charge in [0.15, 0.2) is 21.3 Å². The Balaban J connectivity index is 1.61. The first kappa shape index (κ1) is 21.6. The molecule has 0 fully saturated rings. The fourth-order valence-corrected chi connectivity index (χ4v) is 4.37. The Morgan fingerprint density at radius 1 is 1.06 bits per heavy atom. The highest BCUT2D eigenvalue weighted by molar-refractivity contribution is 7.92. The third-order valence-electron chi connectivity index (χ3n) is 4.71. The number of benzene rings is 1. The molecule has 4 rings (SSSR count). The van der Waals surface area contributed by atoms with E-state index in [9.17, 15) is 12.8 Å². The first-order valence-electron chi connectivity index (χ1n) is 9.76. The average Bonchev–Trinajstić information content (AvgIpc) is 3.09. The number of anilines is 4. The van der Waals surface area contributed by atoms with Crippen LogP contribution in [0.3, 0.4) is 0 Å². The molecule has 166 valence electrons. The van der Waals surface area contributed by atoms with E-state index in [0.29, 0.717) is 28.4 Å². The molecule has 0 spiro atoms. The first-order chi connectivity index (χ1) is 15.0. The number of aromatic nitrogens is 5. The van der Waals surface area contributed by atoms with Crippen LogP contribution in [0.25, 0.3) is 11.0 Å². The zero-order chi connectivity index (χ0) is 23.1. The molecule has 0 aliphatic carbocycles. The number of pyridine rings is 1. The van der Waals surface area contributed by atoms with Gasteiger partial charge in [-0.25, -0.2) is 22.8 Å². The van der Waals surface area contributed by atoms with Crippen LogP contribution in [-0.4, -0.2) is 38.3 Å². The molecule has 0 radical (unpaired) electrons. The van der Waals surface area contributed by atoms with Gasteiger partial charge in [0.25, 0.3) is 0 Å². The summed E-state index contributed by atoms with van der Waals surface area (Å²) in [5.41, 5.74) is 1.76. The molecule has 0 saturated heterocycles. The SMILES string of the molecule is Cc1cc(Nc2nccc(Nc3n[nH]c4ncc(F)cc34)n2)cc(S(=O)(=O)C(C)(C)C)c1. The third-order valence-corrected chi connectivity index (χ3v) is 7.18. The number of aromatic amines is 1. The van der Waals surface area contributed by atoms with Crippen LogP contribution in [0.1, 0.15) is 26.3 Å². The van der Waals surface area contributed by atoms with E-state index >= 15 is 0 Å². The summed E-state index contributed by atoms with van der Waals surface area (Å²) in [6.07, 6.45) is 2.64. The molecule has 32 heavy (non-hydrogen) atoms. The summed E-state index contributed by atoms with van der Waals surface area (Å²) >= 11 is 0. The van der Waals surface area contributed by atoms with E-state index in [0.717, 1.165) is 11.8 Å². The van der Waals surface area contributed by atoms with Crippen LogP contribution in [0.15, 0.2) is 47.6 Å². The van der Waals surface area contributed by atoms with Gasteiger partial charge in [0, 0.05) is 11.9 Å². The highest BCUT2D eigenvalue weighted by Gasteiger charge is 2.31. The van der Waals surface area contributed by atoms with Crippen molar-refractivity contribution < 1.29 is 12.8 Å². The number of aryl methyl sites for hydroxylation is 1. The molecule has 1 aromatic carbocycles. The molecule has 0 unspecified atom stereocenters. The molecular weight excluding hydrogens is 433 g/mol. The minimum Gasteiger partial charge on any atom is -0.324 e. The maximum absolute atomic E-state index is 13.6. The van der Waals surface area contributed by atoms with E-state index in [-0.39, 0.29) is 10.8 Å². The Morgan fingerprint density at radius 3 is 2.59 bits per heavy atom. The van der Waals surface area contributed by atoms with E-state index in [4.69, 9.17) is 0 Å². The normalized spacial score (nSPS) is 12.2. The molecule has 3 heterocycles. The van der Waals surface area contributed by atoms with Gasteiger partial charge in [-0.05, 0) is 63.6 Å². The van der Waals surface area contributed by atoms with Gasteiger partial charge in [0.1, 0.15) is 11.6 Å². The smallest absolute Gasteiger partial charge is 0.229 e. The maximum Gasteiger partial charge on any atom is 0.229 e. The summed E-state index contributed by atoms with van der Waals surface area (Å²) < 4.78 is 38.3. The second-order valence-electron chi connectivity index (χ2n) is 8.29. The van der Waals surface area contributed by atoms with Crippen molar-refractivity contribution in [3.8, 4) is 0 Å². The first-order valence-corrected chi connectivity index (χ1v) is 11.2. The summed E-state index contributed by atoms with van der Waals surface area (Å²) in [4.78, 5) is 12.8. The van der Waals surface area contributed by atoms with Gasteiger partial charge in [-0.3, -0.25) is 5.10 Å². The summed E-state index contributed by atoms with van der Waals surface area (Å²) in [5, 5.41) is 13.4. The Bertz CT molecular complexity index is 1410. The van der Waals surface area contributed by atoms with Crippen molar-refractivity contribution >= 4 is 44.1 Å². The fourth-order valence-electron chi connectivity index (χ4n) is 3.04. The van der Waals surface area contributed by atoms with Crippen molar-refractivity contribution in [1.82, 2.24) is 25.1 Å². The van der Waals surface area contributed by atoms with Crippen LogP contribution in [0.2, 0.25) is 0 Å². The molecule has 4 aromatic rings. The number of nitrogens with zero attached hydrogens (tertiary/aromatic N) is 4. The standard InChI is InChI=1S/C21H22FN7O2S/c1-12-7-14(10-15(8-12)32(30,31)21(2,3)4)25-20-23-6-5-17(27-20)26-19-16-9-13(22)11-24-18(16)28-29-19/h5-11H,1-4H3,(H3,23,24,25,26,27,28,29). The van der Waals surface area contributed by atoms with E-state index in [1.54, 1.807) is 45.0 Å². The third kappa shape index (κ3) is 4.24. The lowest BCUT2D eigenvalue weighted by Crippen LogP contribution is -2.28. The molecule has 3 N–H and O–H groups in total. The summed E-state index contributed by atoms with van der Waals surface area (Å²) in [7, 11) is -3.52. The Kier molecular flexibility index (Phi) is 5.29. The molecule has 0 bridgehead atoms. The van der Waals surface area contributed by atoms with Crippen LogP contribution >= 0.6 is 0 Å². The Morgan fingerprint density at radius 2 is 1.84 bits per heavy atom. The lowest BCUT2D eigenvalue weighted by molar-refractivity contribution is 0.560. The van der Waals surface area contributed by atoms with Gasteiger partial charge >= 0.3 is 0 Å². The fraction of sp³-hybridized carbons (Fsp3) is 0.238. The van der Waals surface area contributed by atoms with Crippen LogP contribution < -0.4 is 10.6 Å². The van der Waals surface area contributed by atoms with E-state index in [1.807, 2.05) is 6.92 Å². The number of nitrogens with one attached hydrogen (secondary N) is 3. The molecule has 0 aliphatic rings. The summed E-state index contributed by atoms with van der Waals surface area (Å²) in [5.74, 6) is 0.553. The second-order valence-corrected chi connectivity index (χ2v) is 11.0. The highest BCUT2D eigenvalue weighted by Crippen LogP contribution is 2.29. The Hall–Kier alpha value is -3.60. The number of fused-ring (bicyclic) bond motifs is 1. The predicted octanol–water partition coefficient (Wildman–Crippen LogP) is 4.25. The van der Waals surface area contributed by atoms with Crippen molar-refractivity contribution in [1.29, 1.82) is 0 Å². The Labute approximate surface area is 184 Å². The van der Waals surface area contributed by atoms with Crippen molar-refractivity contribution in [2.75, 3.05) is 10.6 Å². The number of rotatable bonds is 5. The van der Waals surface area contributed by atoms with Crippen molar-refractivity contribution in [2.45, 2.75) is 37.3 Å². The zero-order valence-electron chi connectivity index (χ0n) is 17.9. The van der Waals surface area contributed by atoms with Crippen LogP contribution in [0.5, 0.6) is 0 Å².